The van der Waals surface area contributed by atoms with Gasteiger partial charge in [0, 0.05) is 12.5 Å². The third-order valence-electron chi connectivity index (χ3n) is 3.15. The van der Waals surface area contributed by atoms with Crippen molar-refractivity contribution in [1.29, 1.82) is 0 Å². The van der Waals surface area contributed by atoms with Gasteiger partial charge in [0.25, 0.3) is 0 Å². The molecule has 0 fully saturated rings. The van der Waals surface area contributed by atoms with Crippen LogP contribution < -0.4 is 11.1 Å². The summed E-state index contributed by atoms with van der Waals surface area (Å²) >= 11 is 3.04. The summed E-state index contributed by atoms with van der Waals surface area (Å²) < 4.78 is 0. The van der Waals surface area contributed by atoms with Crippen LogP contribution in [0.2, 0.25) is 0 Å². The monoisotopic (exact) mass is 320 g/mol. The van der Waals surface area contributed by atoms with Crippen molar-refractivity contribution < 1.29 is 4.79 Å². The Morgan fingerprint density at radius 1 is 1.33 bits per heavy atom. The second-order valence-corrected chi connectivity index (χ2v) is 6.90. The Bertz CT molecular complexity index is 621. The lowest BCUT2D eigenvalue weighted by atomic mass is 10.1. The minimum Gasteiger partial charge on any atom is -0.396 e. The highest BCUT2D eigenvalue weighted by Gasteiger charge is 2.22. The van der Waals surface area contributed by atoms with E-state index in [2.05, 4.69) is 17.4 Å². The number of ketones is 1. The smallest absolute Gasteiger partial charge is 0.177 e. The molecular formula is C16H20N2OS2. The van der Waals surface area contributed by atoms with Crippen LogP contribution in [-0.4, -0.2) is 12.0 Å². The number of hydrogen-bond donors (Lipinski definition) is 2. The summed E-state index contributed by atoms with van der Waals surface area (Å²) in [4.78, 5) is 13.9. The number of Topliss-reactive ketones (excluding diaryl/α,β-unsaturated/α-hetero) is 1. The molecule has 0 aliphatic carbocycles. The van der Waals surface area contributed by atoms with Gasteiger partial charge >= 0.3 is 0 Å². The van der Waals surface area contributed by atoms with Gasteiger partial charge in [-0.2, -0.15) is 0 Å². The third kappa shape index (κ3) is 3.60. The molecule has 0 amide bonds. The van der Waals surface area contributed by atoms with Gasteiger partial charge in [-0.1, -0.05) is 44.2 Å². The molecule has 0 atom stereocenters. The van der Waals surface area contributed by atoms with Crippen LogP contribution in [0.15, 0.2) is 35.2 Å². The molecule has 0 radical (unpaired) electrons. The third-order valence-corrected chi connectivity index (χ3v) is 5.29. The molecule has 0 saturated carbocycles. The van der Waals surface area contributed by atoms with Crippen molar-refractivity contribution in [2.75, 3.05) is 17.3 Å². The van der Waals surface area contributed by atoms with Crippen LogP contribution in [0.5, 0.6) is 0 Å². The number of nitrogens with two attached hydrogens (primary N) is 1. The number of thiophene rings is 1. The lowest BCUT2D eigenvalue weighted by Gasteiger charge is -2.06. The summed E-state index contributed by atoms with van der Waals surface area (Å²) in [6.07, 6.45) is 1.98. The van der Waals surface area contributed by atoms with Crippen molar-refractivity contribution >= 4 is 39.6 Å². The molecule has 3 N–H and O–H groups in total. The molecular weight excluding hydrogens is 300 g/mol. The highest BCUT2D eigenvalue weighted by molar-refractivity contribution is 7.99. The van der Waals surface area contributed by atoms with E-state index in [1.165, 1.54) is 16.9 Å². The minimum absolute atomic E-state index is 0.0392. The lowest BCUT2D eigenvalue weighted by Crippen LogP contribution is -2.07. The molecule has 1 aromatic heterocycles. The van der Waals surface area contributed by atoms with Crippen LogP contribution in [0.25, 0.3) is 0 Å². The van der Waals surface area contributed by atoms with E-state index in [4.69, 9.17) is 5.73 Å². The highest BCUT2D eigenvalue weighted by atomic mass is 32.2. The normalized spacial score (nSPS) is 10.9. The number of nitrogen functional groups attached to an aromatic ring is 1. The first-order valence-electron chi connectivity index (χ1n) is 6.82. The molecule has 1 heterocycles. The maximum absolute atomic E-state index is 12.2. The number of carbonyl (C=O) groups excluding carboxylic acids is 1. The molecule has 0 unspecified atom stereocenters. The Balaban J connectivity index is 2.23. The SMILES string of the molecule is CSc1c(NCc2ccccc2)sc(C(=O)C(C)C)c1N. The zero-order chi connectivity index (χ0) is 15.4. The van der Waals surface area contributed by atoms with Gasteiger partial charge in [0.15, 0.2) is 5.78 Å². The van der Waals surface area contributed by atoms with Crippen LogP contribution >= 0.6 is 23.1 Å². The standard InChI is InChI=1S/C16H20N2OS2/c1-10(2)13(19)14-12(17)15(20-3)16(21-14)18-9-11-7-5-4-6-8-11/h4-8,10,18H,9,17H2,1-3H3. The molecule has 112 valence electrons. The van der Waals surface area contributed by atoms with Crippen molar-refractivity contribution in [3.05, 3.63) is 40.8 Å². The molecule has 0 spiro atoms. The fourth-order valence-corrected chi connectivity index (χ4v) is 4.09. The van der Waals surface area contributed by atoms with E-state index in [0.29, 0.717) is 10.6 Å². The quantitative estimate of drug-likeness (QED) is 0.607. The summed E-state index contributed by atoms with van der Waals surface area (Å²) in [6.45, 7) is 4.53. The Labute approximate surface area is 133 Å². The summed E-state index contributed by atoms with van der Waals surface area (Å²) in [7, 11) is 0. The number of thioether (sulfide) groups is 1. The average molecular weight is 320 g/mol. The Kier molecular flexibility index (Phi) is 5.31. The van der Waals surface area contributed by atoms with E-state index in [1.807, 2.05) is 38.3 Å². The zero-order valence-electron chi connectivity index (χ0n) is 12.5. The Morgan fingerprint density at radius 2 is 2.00 bits per heavy atom. The van der Waals surface area contributed by atoms with Gasteiger partial charge in [0.05, 0.1) is 15.5 Å². The van der Waals surface area contributed by atoms with E-state index in [0.717, 1.165) is 16.4 Å². The zero-order valence-corrected chi connectivity index (χ0v) is 14.1. The van der Waals surface area contributed by atoms with Crippen molar-refractivity contribution in [3.63, 3.8) is 0 Å². The fourth-order valence-electron chi connectivity index (χ4n) is 1.97. The molecule has 3 nitrogen and oxygen atoms in total. The minimum atomic E-state index is -0.0392. The molecule has 2 aromatic rings. The van der Waals surface area contributed by atoms with Gasteiger partial charge in [-0.05, 0) is 11.8 Å². The van der Waals surface area contributed by atoms with Crippen molar-refractivity contribution in [3.8, 4) is 0 Å². The van der Waals surface area contributed by atoms with E-state index in [1.54, 1.807) is 11.8 Å². The number of anilines is 2. The number of rotatable bonds is 6. The maximum atomic E-state index is 12.2. The fraction of sp³-hybridized carbons (Fsp3) is 0.312. The number of carbonyl (C=O) groups is 1. The Morgan fingerprint density at radius 3 is 2.57 bits per heavy atom. The summed E-state index contributed by atoms with van der Waals surface area (Å²) in [6, 6.07) is 10.2. The van der Waals surface area contributed by atoms with Crippen LogP contribution in [0.3, 0.4) is 0 Å². The van der Waals surface area contributed by atoms with Gasteiger partial charge in [-0.25, -0.2) is 0 Å². The van der Waals surface area contributed by atoms with Crippen LogP contribution in [-0.2, 0) is 6.54 Å². The van der Waals surface area contributed by atoms with Crippen LogP contribution in [0.1, 0.15) is 29.1 Å². The largest absolute Gasteiger partial charge is 0.396 e. The van der Waals surface area contributed by atoms with Crippen molar-refractivity contribution in [1.82, 2.24) is 0 Å². The molecule has 21 heavy (non-hydrogen) atoms. The summed E-state index contributed by atoms with van der Waals surface area (Å²) in [5.41, 5.74) is 7.97. The maximum Gasteiger partial charge on any atom is 0.177 e. The van der Waals surface area contributed by atoms with Crippen molar-refractivity contribution in [2.24, 2.45) is 5.92 Å². The highest BCUT2D eigenvalue weighted by Crippen LogP contribution is 2.42. The summed E-state index contributed by atoms with van der Waals surface area (Å²) in [5, 5.41) is 4.38. The first-order valence-corrected chi connectivity index (χ1v) is 8.87. The number of hydrogen-bond acceptors (Lipinski definition) is 5. The molecule has 0 bridgehead atoms. The van der Waals surface area contributed by atoms with Gasteiger partial charge in [-0.3, -0.25) is 4.79 Å². The molecule has 1 aromatic carbocycles. The van der Waals surface area contributed by atoms with Crippen LogP contribution in [0.4, 0.5) is 10.7 Å². The first-order chi connectivity index (χ1) is 10.0. The molecule has 5 heteroatoms. The molecule has 0 saturated heterocycles. The van der Waals surface area contributed by atoms with Gasteiger partial charge in [0.1, 0.15) is 5.00 Å². The summed E-state index contributed by atoms with van der Waals surface area (Å²) in [5.74, 6) is 0.0724. The van der Waals surface area contributed by atoms with E-state index < -0.39 is 0 Å². The Hall–Kier alpha value is -1.46. The topological polar surface area (TPSA) is 55.1 Å². The van der Waals surface area contributed by atoms with Gasteiger partial charge in [-0.15, -0.1) is 23.1 Å². The number of benzene rings is 1. The van der Waals surface area contributed by atoms with Crippen LogP contribution in [0, 0.1) is 5.92 Å². The molecule has 0 aliphatic rings. The second-order valence-electron chi connectivity index (χ2n) is 5.07. The van der Waals surface area contributed by atoms with Gasteiger partial charge in [0.2, 0.25) is 0 Å². The predicted octanol–water partition coefficient (Wildman–Crippen LogP) is 4.50. The lowest BCUT2D eigenvalue weighted by molar-refractivity contribution is 0.0944. The van der Waals surface area contributed by atoms with Crippen molar-refractivity contribution in [2.45, 2.75) is 25.3 Å². The van der Waals surface area contributed by atoms with E-state index in [-0.39, 0.29) is 11.7 Å². The second kappa shape index (κ2) is 7.00. The molecule has 0 aliphatic heterocycles. The van der Waals surface area contributed by atoms with E-state index in [9.17, 15) is 4.79 Å². The predicted molar refractivity (Wildman–Crippen MR) is 93.4 cm³/mol. The molecule has 2 rings (SSSR count). The number of nitrogens with one attached hydrogen (secondary N) is 1. The first kappa shape index (κ1) is 15.9. The van der Waals surface area contributed by atoms with Gasteiger partial charge < -0.3 is 11.1 Å². The average Bonchev–Trinajstić information content (AvgIpc) is 2.81. The van der Waals surface area contributed by atoms with E-state index >= 15 is 0 Å².